The number of ether oxygens (including phenoxy) is 1. The van der Waals surface area contributed by atoms with E-state index < -0.39 is 23.9 Å². The van der Waals surface area contributed by atoms with Crippen molar-refractivity contribution in [2.24, 2.45) is 0 Å². The minimum absolute atomic E-state index is 0.119. The average molecular weight is 341 g/mol. The molecule has 1 nitrogen and oxygen atoms in total. The first-order chi connectivity index (χ1) is 10.1. The van der Waals surface area contributed by atoms with Crippen molar-refractivity contribution in [2.75, 3.05) is 0 Å². The summed E-state index contributed by atoms with van der Waals surface area (Å²) >= 11 is 5.82. The summed E-state index contributed by atoms with van der Waals surface area (Å²) in [5, 5.41) is -0.119. The van der Waals surface area contributed by atoms with Gasteiger partial charge in [0.25, 0.3) is 0 Å². The van der Waals surface area contributed by atoms with Crippen molar-refractivity contribution in [2.45, 2.75) is 12.5 Å². The quantitative estimate of drug-likeness (QED) is 0.616. The number of alkyl halides is 6. The molecule has 0 aromatic heterocycles. The van der Waals surface area contributed by atoms with E-state index in [4.69, 9.17) is 11.6 Å². The standard InChI is InChI=1S/C14H7ClF6O/c15-11-6-5-8(13(16,17)18)7-10(11)9-3-1-2-4-12(9)22-14(19,20)21/h1-7H. The fourth-order valence-corrected chi connectivity index (χ4v) is 2.03. The second-order valence-corrected chi connectivity index (χ2v) is 4.64. The van der Waals surface area contributed by atoms with E-state index in [1.807, 2.05) is 0 Å². The molecule has 0 radical (unpaired) electrons. The number of benzene rings is 2. The molecule has 0 atom stereocenters. The molecular formula is C14H7ClF6O. The van der Waals surface area contributed by atoms with Gasteiger partial charge in [-0.15, -0.1) is 13.2 Å². The van der Waals surface area contributed by atoms with Crippen molar-refractivity contribution >= 4 is 11.6 Å². The Morgan fingerprint density at radius 2 is 1.45 bits per heavy atom. The van der Waals surface area contributed by atoms with Crippen LogP contribution >= 0.6 is 11.6 Å². The summed E-state index contributed by atoms with van der Waals surface area (Å²) in [4.78, 5) is 0. The van der Waals surface area contributed by atoms with Gasteiger partial charge in [0.2, 0.25) is 0 Å². The van der Waals surface area contributed by atoms with Gasteiger partial charge in [-0.2, -0.15) is 13.2 Å². The second kappa shape index (κ2) is 5.72. The second-order valence-electron chi connectivity index (χ2n) is 4.24. The van der Waals surface area contributed by atoms with Crippen molar-refractivity contribution in [3.8, 4) is 16.9 Å². The minimum Gasteiger partial charge on any atom is -0.405 e. The molecule has 0 unspecified atom stereocenters. The zero-order valence-electron chi connectivity index (χ0n) is 10.6. The smallest absolute Gasteiger partial charge is 0.405 e. The highest BCUT2D eigenvalue weighted by atomic mass is 35.5. The van der Waals surface area contributed by atoms with Crippen molar-refractivity contribution in [1.29, 1.82) is 0 Å². The SMILES string of the molecule is FC(F)(F)Oc1ccccc1-c1cc(C(F)(F)F)ccc1Cl. The lowest BCUT2D eigenvalue weighted by Gasteiger charge is -2.15. The monoisotopic (exact) mass is 340 g/mol. The topological polar surface area (TPSA) is 9.23 Å². The van der Waals surface area contributed by atoms with E-state index in [-0.39, 0.29) is 16.1 Å². The first kappa shape index (κ1) is 16.5. The Bertz CT molecular complexity index is 678. The molecule has 2 aromatic rings. The van der Waals surface area contributed by atoms with Crippen molar-refractivity contribution in [3.05, 3.63) is 53.1 Å². The van der Waals surface area contributed by atoms with Crippen LogP contribution in [0.15, 0.2) is 42.5 Å². The van der Waals surface area contributed by atoms with Gasteiger partial charge in [-0.05, 0) is 24.3 Å². The summed E-state index contributed by atoms with van der Waals surface area (Å²) in [5.41, 5.74) is -1.40. The summed E-state index contributed by atoms with van der Waals surface area (Å²) in [6.45, 7) is 0. The van der Waals surface area contributed by atoms with E-state index in [9.17, 15) is 26.3 Å². The predicted molar refractivity (Wildman–Crippen MR) is 68.6 cm³/mol. The highest BCUT2D eigenvalue weighted by Gasteiger charge is 2.34. The lowest BCUT2D eigenvalue weighted by Crippen LogP contribution is -2.17. The maximum Gasteiger partial charge on any atom is 0.573 e. The Morgan fingerprint density at radius 1 is 0.818 bits per heavy atom. The summed E-state index contributed by atoms with van der Waals surface area (Å²) < 4.78 is 79.1. The molecule has 2 aromatic carbocycles. The van der Waals surface area contributed by atoms with E-state index in [2.05, 4.69) is 4.74 Å². The molecule has 0 aliphatic heterocycles. The third-order valence-electron chi connectivity index (χ3n) is 2.70. The molecule has 0 aliphatic carbocycles. The first-order valence-corrected chi connectivity index (χ1v) is 6.17. The van der Waals surface area contributed by atoms with Crippen LogP contribution in [0, 0.1) is 0 Å². The van der Waals surface area contributed by atoms with Crippen LogP contribution in [-0.2, 0) is 6.18 Å². The molecule has 0 aliphatic rings. The van der Waals surface area contributed by atoms with E-state index in [0.29, 0.717) is 6.07 Å². The van der Waals surface area contributed by atoms with Gasteiger partial charge in [-0.25, -0.2) is 0 Å². The van der Waals surface area contributed by atoms with Gasteiger partial charge in [-0.1, -0.05) is 29.8 Å². The summed E-state index contributed by atoms with van der Waals surface area (Å²) in [6.07, 6.45) is -9.61. The van der Waals surface area contributed by atoms with E-state index >= 15 is 0 Å². The fourth-order valence-electron chi connectivity index (χ4n) is 1.81. The third kappa shape index (κ3) is 3.85. The molecule has 2 rings (SSSR count). The van der Waals surface area contributed by atoms with Gasteiger partial charge in [-0.3, -0.25) is 0 Å². The Hall–Kier alpha value is -1.89. The lowest BCUT2D eigenvalue weighted by atomic mass is 10.0. The molecule has 0 spiro atoms. The van der Waals surface area contributed by atoms with Gasteiger partial charge in [0.1, 0.15) is 5.75 Å². The van der Waals surface area contributed by atoms with Crippen LogP contribution < -0.4 is 4.74 Å². The Balaban J connectivity index is 2.57. The molecule has 0 N–H and O–H groups in total. The number of rotatable bonds is 2. The largest absolute Gasteiger partial charge is 0.573 e. The Kier molecular flexibility index (Phi) is 4.28. The number of hydrogen-bond acceptors (Lipinski definition) is 1. The minimum atomic E-state index is -4.97. The van der Waals surface area contributed by atoms with Crippen LogP contribution in [0.1, 0.15) is 5.56 Å². The van der Waals surface area contributed by atoms with Gasteiger partial charge in [0.05, 0.1) is 5.56 Å². The normalized spacial score (nSPS) is 12.3. The molecular weight excluding hydrogens is 334 g/mol. The molecule has 22 heavy (non-hydrogen) atoms. The maximum atomic E-state index is 12.7. The summed E-state index contributed by atoms with van der Waals surface area (Å²) in [6, 6.07) is 7.24. The van der Waals surface area contributed by atoms with E-state index in [1.165, 1.54) is 18.2 Å². The summed E-state index contributed by atoms with van der Waals surface area (Å²) in [5.74, 6) is -0.628. The lowest BCUT2D eigenvalue weighted by molar-refractivity contribution is -0.274. The number of para-hydroxylation sites is 1. The van der Waals surface area contributed by atoms with Gasteiger partial charge < -0.3 is 4.74 Å². The molecule has 0 bridgehead atoms. The zero-order valence-corrected chi connectivity index (χ0v) is 11.4. The molecule has 8 heteroatoms. The third-order valence-corrected chi connectivity index (χ3v) is 3.03. The highest BCUT2D eigenvalue weighted by molar-refractivity contribution is 6.33. The van der Waals surface area contributed by atoms with Crippen LogP contribution in [-0.4, -0.2) is 6.36 Å². The Labute approximate surface area is 126 Å². The van der Waals surface area contributed by atoms with Crippen LogP contribution in [0.5, 0.6) is 5.75 Å². The number of hydrogen-bond donors (Lipinski definition) is 0. The van der Waals surface area contributed by atoms with Crippen LogP contribution in [0.25, 0.3) is 11.1 Å². The molecule has 118 valence electrons. The van der Waals surface area contributed by atoms with Gasteiger partial charge in [0, 0.05) is 16.1 Å². The maximum absolute atomic E-state index is 12.7. The molecule has 0 fully saturated rings. The molecule has 0 saturated heterocycles. The van der Waals surface area contributed by atoms with Crippen LogP contribution in [0.3, 0.4) is 0 Å². The molecule has 0 saturated carbocycles. The van der Waals surface area contributed by atoms with Gasteiger partial charge >= 0.3 is 12.5 Å². The van der Waals surface area contributed by atoms with E-state index in [0.717, 1.165) is 18.2 Å². The van der Waals surface area contributed by atoms with Crippen LogP contribution in [0.4, 0.5) is 26.3 Å². The van der Waals surface area contributed by atoms with Crippen LogP contribution in [0.2, 0.25) is 5.02 Å². The van der Waals surface area contributed by atoms with Crippen molar-refractivity contribution in [3.63, 3.8) is 0 Å². The zero-order chi connectivity index (χ0) is 16.5. The van der Waals surface area contributed by atoms with Crippen molar-refractivity contribution < 1.29 is 31.1 Å². The van der Waals surface area contributed by atoms with Gasteiger partial charge in [0.15, 0.2) is 0 Å². The fraction of sp³-hybridized carbons (Fsp3) is 0.143. The van der Waals surface area contributed by atoms with Crippen molar-refractivity contribution in [1.82, 2.24) is 0 Å². The summed E-state index contributed by atoms with van der Waals surface area (Å²) in [7, 11) is 0. The highest BCUT2D eigenvalue weighted by Crippen LogP contribution is 2.40. The average Bonchev–Trinajstić information content (AvgIpc) is 2.37. The Morgan fingerprint density at radius 3 is 2.05 bits per heavy atom. The number of halogens is 7. The predicted octanol–water partition coefficient (Wildman–Crippen LogP) is 5.92. The van der Waals surface area contributed by atoms with E-state index in [1.54, 1.807) is 0 Å². The molecule has 0 heterocycles. The first-order valence-electron chi connectivity index (χ1n) is 5.80. The molecule has 0 amide bonds.